The van der Waals surface area contributed by atoms with Gasteiger partial charge in [-0.15, -0.1) is 22.0 Å². The van der Waals surface area contributed by atoms with Crippen molar-refractivity contribution in [1.82, 2.24) is 10.2 Å². The molecule has 2 aromatic carbocycles. The summed E-state index contributed by atoms with van der Waals surface area (Å²) < 4.78 is 19.4. The Kier molecular flexibility index (Phi) is 6.48. The van der Waals surface area contributed by atoms with Crippen LogP contribution in [0.1, 0.15) is 11.1 Å². The van der Waals surface area contributed by atoms with Crippen LogP contribution in [0.25, 0.3) is 4.91 Å². The van der Waals surface area contributed by atoms with Crippen molar-refractivity contribution in [2.24, 2.45) is 0 Å². The molecule has 0 fully saturated rings. The first-order chi connectivity index (χ1) is 14.2. The smallest absolute Gasteiger partial charge is 0.293 e. The normalized spacial score (nSPS) is 13.8. The Morgan fingerprint density at radius 1 is 1.14 bits per heavy atom. The van der Waals surface area contributed by atoms with Gasteiger partial charge in [0.25, 0.3) is 5.91 Å². The van der Waals surface area contributed by atoms with Gasteiger partial charge in [-0.2, -0.15) is 0 Å². The Balaban J connectivity index is 1.43. The second kappa shape index (κ2) is 9.43. The minimum atomic E-state index is -0.331. The maximum atomic E-state index is 13.0. The van der Waals surface area contributed by atoms with E-state index in [4.69, 9.17) is 4.74 Å². The molecule has 2 heterocycles. The van der Waals surface area contributed by atoms with E-state index in [1.807, 2.05) is 30.3 Å². The molecule has 1 aromatic heterocycles. The van der Waals surface area contributed by atoms with Gasteiger partial charge < -0.3 is 4.74 Å². The van der Waals surface area contributed by atoms with E-state index in [0.29, 0.717) is 23.3 Å². The molecule has 0 radical (unpaired) electrons. The zero-order chi connectivity index (χ0) is 20.1. The number of halogens is 1. The number of amides is 1. The molecule has 0 spiro atoms. The van der Waals surface area contributed by atoms with Crippen molar-refractivity contribution >= 4 is 50.8 Å². The molecule has 0 aliphatic carbocycles. The summed E-state index contributed by atoms with van der Waals surface area (Å²) in [5.41, 5.74) is 1.94. The molecule has 1 amide bonds. The molecule has 3 aromatic rings. The third kappa shape index (κ3) is 5.17. The predicted molar refractivity (Wildman–Crippen MR) is 116 cm³/mol. The van der Waals surface area contributed by atoms with E-state index in [1.54, 1.807) is 23.9 Å². The van der Waals surface area contributed by atoms with E-state index in [1.165, 1.54) is 35.2 Å². The van der Waals surface area contributed by atoms with Gasteiger partial charge in [0.15, 0.2) is 10.1 Å². The number of carbonyl (C=O) groups excluding carboxylic acids is 1. The first-order valence-corrected chi connectivity index (χ1v) is 11.6. The molecule has 0 unspecified atom stereocenters. The van der Waals surface area contributed by atoms with Gasteiger partial charge in [-0.25, -0.2) is 4.39 Å². The highest BCUT2D eigenvalue weighted by atomic mass is 32.2. The summed E-state index contributed by atoms with van der Waals surface area (Å²) in [5.74, 6) is 1.16. The predicted octanol–water partition coefficient (Wildman–Crippen LogP) is 5.04. The zero-order valence-corrected chi connectivity index (χ0v) is 17.6. The van der Waals surface area contributed by atoms with E-state index in [0.717, 1.165) is 26.1 Å². The van der Waals surface area contributed by atoms with Gasteiger partial charge in [0.05, 0.1) is 11.5 Å². The van der Waals surface area contributed by atoms with Crippen LogP contribution in [0.3, 0.4) is 0 Å². The molecular formula is C20H16FN3O2S3. The summed E-state index contributed by atoms with van der Waals surface area (Å²) in [5, 5.41) is 11.3. The van der Waals surface area contributed by atoms with Crippen molar-refractivity contribution in [2.45, 2.75) is 10.1 Å². The SMILES string of the molecule is O=C(Nc1nnc(SCc2ccc(F)cc2)s1)C1=C(c2ccccc2)SCCO1. The molecule has 4 rings (SSSR count). The van der Waals surface area contributed by atoms with Gasteiger partial charge in [-0.1, -0.05) is 65.6 Å². The number of hydrogen-bond donors (Lipinski definition) is 1. The topological polar surface area (TPSA) is 64.1 Å². The van der Waals surface area contributed by atoms with E-state index in [9.17, 15) is 9.18 Å². The van der Waals surface area contributed by atoms with Gasteiger partial charge in [-0.05, 0) is 23.3 Å². The summed E-state index contributed by atoms with van der Waals surface area (Å²) in [6, 6.07) is 16.1. The van der Waals surface area contributed by atoms with Crippen molar-refractivity contribution in [3.8, 4) is 0 Å². The Hall–Kier alpha value is -2.36. The minimum Gasteiger partial charge on any atom is -0.486 e. The third-order valence-electron chi connectivity index (χ3n) is 3.93. The van der Waals surface area contributed by atoms with Crippen molar-refractivity contribution in [1.29, 1.82) is 0 Å². The molecule has 0 saturated carbocycles. The number of thioether (sulfide) groups is 2. The van der Waals surface area contributed by atoms with Crippen LogP contribution in [-0.2, 0) is 15.3 Å². The zero-order valence-electron chi connectivity index (χ0n) is 15.1. The van der Waals surface area contributed by atoms with E-state index < -0.39 is 0 Å². The van der Waals surface area contributed by atoms with Gasteiger partial charge in [0.2, 0.25) is 5.13 Å². The van der Waals surface area contributed by atoms with E-state index >= 15 is 0 Å². The van der Waals surface area contributed by atoms with E-state index in [2.05, 4.69) is 15.5 Å². The molecule has 1 aliphatic rings. The van der Waals surface area contributed by atoms with Gasteiger partial charge in [-0.3, -0.25) is 10.1 Å². The molecule has 148 valence electrons. The van der Waals surface area contributed by atoms with Gasteiger partial charge >= 0.3 is 0 Å². The number of nitrogens with one attached hydrogen (secondary N) is 1. The van der Waals surface area contributed by atoms with Gasteiger partial charge in [0, 0.05) is 11.5 Å². The first kappa shape index (κ1) is 19.9. The second-order valence-corrected chi connectivity index (χ2v) is 9.27. The van der Waals surface area contributed by atoms with Crippen LogP contribution < -0.4 is 5.32 Å². The number of aromatic nitrogens is 2. The Bertz CT molecular complexity index is 1020. The van der Waals surface area contributed by atoms with Crippen LogP contribution in [0.5, 0.6) is 0 Å². The fourth-order valence-electron chi connectivity index (χ4n) is 2.59. The summed E-state index contributed by atoms with van der Waals surface area (Å²) in [6.45, 7) is 0.485. The third-order valence-corrected chi connectivity index (χ3v) is 7.05. The Morgan fingerprint density at radius 3 is 2.72 bits per heavy atom. The summed E-state index contributed by atoms with van der Waals surface area (Å²) >= 11 is 4.38. The van der Waals surface area contributed by atoms with Crippen LogP contribution in [0.4, 0.5) is 9.52 Å². The lowest BCUT2D eigenvalue weighted by molar-refractivity contribution is -0.115. The number of benzene rings is 2. The van der Waals surface area contributed by atoms with Crippen molar-refractivity contribution < 1.29 is 13.9 Å². The molecule has 29 heavy (non-hydrogen) atoms. The van der Waals surface area contributed by atoms with Crippen molar-refractivity contribution in [3.05, 3.63) is 77.3 Å². The highest BCUT2D eigenvalue weighted by Crippen LogP contribution is 2.35. The number of carbonyl (C=O) groups is 1. The van der Waals surface area contributed by atoms with Crippen molar-refractivity contribution in [2.75, 3.05) is 17.7 Å². The summed E-state index contributed by atoms with van der Waals surface area (Å²) in [4.78, 5) is 13.6. The number of hydrogen-bond acceptors (Lipinski definition) is 7. The number of anilines is 1. The van der Waals surface area contributed by atoms with Crippen LogP contribution in [0, 0.1) is 5.82 Å². The lowest BCUT2D eigenvalue weighted by Gasteiger charge is -2.20. The highest BCUT2D eigenvalue weighted by molar-refractivity contribution is 8.08. The molecule has 1 N–H and O–H groups in total. The quantitative estimate of drug-likeness (QED) is 0.424. The highest BCUT2D eigenvalue weighted by Gasteiger charge is 2.24. The maximum Gasteiger partial charge on any atom is 0.293 e. The molecule has 0 bridgehead atoms. The van der Waals surface area contributed by atoms with Gasteiger partial charge in [0.1, 0.15) is 5.82 Å². The summed E-state index contributed by atoms with van der Waals surface area (Å²) in [7, 11) is 0. The second-order valence-electron chi connectivity index (χ2n) is 5.96. The van der Waals surface area contributed by atoms with Crippen LogP contribution in [-0.4, -0.2) is 28.5 Å². The Labute approximate surface area is 179 Å². The number of ether oxygens (including phenoxy) is 1. The summed E-state index contributed by atoms with van der Waals surface area (Å²) in [6.07, 6.45) is 0. The largest absolute Gasteiger partial charge is 0.486 e. The fraction of sp³-hybridized carbons (Fsp3) is 0.150. The average Bonchev–Trinajstić information content (AvgIpc) is 3.21. The maximum absolute atomic E-state index is 13.0. The minimum absolute atomic E-state index is 0.257. The van der Waals surface area contributed by atoms with Crippen LogP contribution in [0.15, 0.2) is 64.7 Å². The molecule has 0 atom stereocenters. The lowest BCUT2D eigenvalue weighted by Crippen LogP contribution is -2.21. The molecule has 5 nitrogen and oxygen atoms in total. The fourth-order valence-corrected chi connectivity index (χ4v) is 5.25. The lowest BCUT2D eigenvalue weighted by atomic mass is 10.2. The average molecular weight is 446 g/mol. The number of nitrogens with zero attached hydrogens (tertiary/aromatic N) is 2. The first-order valence-electron chi connectivity index (χ1n) is 8.76. The molecule has 9 heteroatoms. The van der Waals surface area contributed by atoms with Crippen LogP contribution in [0.2, 0.25) is 0 Å². The standard InChI is InChI=1S/C20H16FN3O2S3/c21-15-8-6-13(7-9-15)12-28-20-24-23-19(29-20)22-18(25)16-17(27-11-10-26-16)14-4-2-1-3-5-14/h1-9H,10-12H2,(H,22,23,25). The molecular weight excluding hydrogens is 429 g/mol. The monoisotopic (exact) mass is 445 g/mol. The molecule has 1 aliphatic heterocycles. The molecule has 0 saturated heterocycles. The van der Waals surface area contributed by atoms with Crippen LogP contribution >= 0.6 is 34.9 Å². The Morgan fingerprint density at radius 2 is 1.93 bits per heavy atom. The van der Waals surface area contributed by atoms with Crippen molar-refractivity contribution in [3.63, 3.8) is 0 Å². The number of rotatable bonds is 6. The van der Waals surface area contributed by atoms with E-state index in [-0.39, 0.29) is 11.7 Å².